The van der Waals surface area contributed by atoms with Crippen LogP contribution in [0.3, 0.4) is 0 Å². The number of rotatable bonds is 4. The smallest absolute Gasteiger partial charge is 0.220 e. The summed E-state index contributed by atoms with van der Waals surface area (Å²) in [7, 11) is 0. The molecule has 0 aromatic carbocycles. The second-order valence-electron chi connectivity index (χ2n) is 3.96. The Morgan fingerprint density at radius 1 is 1.46 bits per heavy atom. The van der Waals surface area contributed by atoms with E-state index in [0.29, 0.717) is 13.0 Å². The van der Waals surface area contributed by atoms with Gasteiger partial charge in [0.05, 0.1) is 5.60 Å². The van der Waals surface area contributed by atoms with Gasteiger partial charge < -0.3 is 10.4 Å². The highest BCUT2D eigenvalue weighted by molar-refractivity contribution is 5.75. The maximum atomic E-state index is 11.1. The van der Waals surface area contributed by atoms with Gasteiger partial charge in [0.2, 0.25) is 5.91 Å². The van der Waals surface area contributed by atoms with Gasteiger partial charge in [0, 0.05) is 13.0 Å². The zero-order valence-corrected chi connectivity index (χ0v) is 8.31. The Hall–Kier alpha value is -0.570. The van der Waals surface area contributed by atoms with Crippen LogP contribution in [-0.2, 0) is 4.79 Å². The van der Waals surface area contributed by atoms with E-state index in [0.717, 1.165) is 32.1 Å². The van der Waals surface area contributed by atoms with Crippen LogP contribution in [0.2, 0.25) is 0 Å². The lowest BCUT2D eigenvalue weighted by molar-refractivity contribution is -0.122. The van der Waals surface area contributed by atoms with Crippen LogP contribution in [-0.4, -0.2) is 23.2 Å². The summed E-state index contributed by atoms with van der Waals surface area (Å²) >= 11 is 0. The molecule has 0 radical (unpaired) electrons. The van der Waals surface area contributed by atoms with Crippen LogP contribution >= 0.6 is 0 Å². The molecule has 0 aromatic rings. The van der Waals surface area contributed by atoms with Gasteiger partial charge >= 0.3 is 0 Å². The molecule has 1 aliphatic rings. The van der Waals surface area contributed by atoms with Gasteiger partial charge in [-0.25, -0.2) is 0 Å². The van der Waals surface area contributed by atoms with Crippen LogP contribution in [0.1, 0.15) is 45.4 Å². The average Bonchev–Trinajstić information content (AvgIpc) is 2.51. The van der Waals surface area contributed by atoms with Gasteiger partial charge in [0.25, 0.3) is 0 Å². The molecule has 0 aliphatic heterocycles. The van der Waals surface area contributed by atoms with Crippen LogP contribution in [0.15, 0.2) is 0 Å². The summed E-state index contributed by atoms with van der Waals surface area (Å²) in [6.45, 7) is 2.41. The molecule has 2 N–H and O–H groups in total. The molecular formula is C10H19NO2. The predicted octanol–water partition coefficient (Wildman–Crippen LogP) is 1.21. The third kappa shape index (κ3) is 3.35. The summed E-state index contributed by atoms with van der Waals surface area (Å²) < 4.78 is 0. The van der Waals surface area contributed by atoms with Crippen molar-refractivity contribution in [2.24, 2.45) is 0 Å². The first-order valence-corrected chi connectivity index (χ1v) is 5.15. The van der Waals surface area contributed by atoms with Crippen LogP contribution in [0, 0.1) is 0 Å². The molecule has 0 saturated heterocycles. The lowest BCUT2D eigenvalue weighted by Gasteiger charge is -2.22. The van der Waals surface area contributed by atoms with E-state index < -0.39 is 5.60 Å². The van der Waals surface area contributed by atoms with Crippen molar-refractivity contribution < 1.29 is 9.90 Å². The van der Waals surface area contributed by atoms with Gasteiger partial charge in [-0.15, -0.1) is 0 Å². The van der Waals surface area contributed by atoms with E-state index >= 15 is 0 Å². The van der Waals surface area contributed by atoms with E-state index in [2.05, 4.69) is 5.32 Å². The number of aliphatic hydroxyl groups is 1. The molecule has 1 saturated carbocycles. The second-order valence-corrected chi connectivity index (χ2v) is 3.96. The molecule has 1 rings (SSSR count). The topological polar surface area (TPSA) is 49.3 Å². The van der Waals surface area contributed by atoms with Crippen molar-refractivity contribution in [3.8, 4) is 0 Å². The minimum atomic E-state index is -0.608. The first-order valence-electron chi connectivity index (χ1n) is 5.15. The lowest BCUT2D eigenvalue weighted by atomic mass is 10.0. The third-order valence-electron chi connectivity index (χ3n) is 2.63. The van der Waals surface area contributed by atoms with Crippen molar-refractivity contribution in [3.05, 3.63) is 0 Å². The number of carbonyl (C=O) groups excluding carboxylic acids is 1. The van der Waals surface area contributed by atoms with Gasteiger partial charge in [-0.05, 0) is 19.3 Å². The minimum Gasteiger partial charge on any atom is -0.388 e. The van der Waals surface area contributed by atoms with Gasteiger partial charge in [-0.1, -0.05) is 19.8 Å². The van der Waals surface area contributed by atoms with Crippen molar-refractivity contribution in [1.29, 1.82) is 0 Å². The normalized spacial score (nSPS) is 20.2. The Morgan fingerprint density at radius 3 is 2.62 bits per heavy atom. The number of hydrogen-bond donors (Lipinski definition) is 2. The highest BCUT2D eigenvalue weighted by Gasteiger charge is 2.30. The molecule has 0 unspecified atom stereocenters. The number of hydrogen-bond acceptors (Lipinski definition) is 2. The van der Waals surface area contributed by atoms with Gasteiger partial charge in [0.15, 0.2) is 0 Å². The molecule has 0 atom stereocenters. The van der Waals surface area contributed by atoms with Crippen molar-refractivity contribution in [1.82, 2.24) is 5.32 Å². The predicted molar refractivity (Wildman–Crippen MR) is 51.3 cm³/mol. The van der Waals surface area contributed by atoms with Crippen molar-refractivity contribution in [3.63, 3.8) is 0 Å². The van der Waals surface area contributed by atoms with E-state index in [1.165, 1.54) is 0 Å². The summed E-state index contributed by atoms with van der Waals surface area (Å²) in [5, 5.41) is 12.7. The largest absolute Gasteiger partial charge is 0.388 e. The molecule has 3 heteroatoms. The molecule has 3 nitrogen and oxygen atoms in total. The molecule has 0 heterocycles. The van der Waals surface area contributed by atoms with E-state index in [1.54, 1.807) is 0 Å². The summed E-state index contributed by atoms with van der Waals surface area (Å²) in [6, 6.07) is 0. The Morgan fingerprint density at radius 2 is 2.08 bits per heavy atom. The van der Waals surface area contributed by atoms with E-state index in [4.69, 9.17) is 0 Å². The monoisotopic (exact) mass is 185 g/mol. The maximum Gasteiger partial charge on any atom is 0.220 e. The molecular weight excluding hydrogens is 166 g/mol. The molecule has 1 fully saturated rings. The van der Waals surface area contributed by atoms with Crippen molar-refractivity contribution >= 4 is 5.91 Å². The van der Waals surface area contributed by atoms with Crippen LogP contribution in [0.4, 0.5) is 0 Å². The van der Waals surface area contributed by atoms with Crippen LogP contribution in [0.25, 0.3) is 0 Å². The summed E-state index contributed by atoms with van der Waals surface area (Å²) in [4.78, 5) is 11.1. The molecule has 0 aromatic heterocycles. The van der Waals surface area contributed by atoms with Crippen molar-refractivity contribution in [2.45, 2.75) is 51.0 Å². The fraction of sp³-hybridized carbons (Fsp3) is 0.900. The first kappa shape index (κ1) is 10.5. The molecule has 76 valence electrons. The Bertz CT molecular complexity index is 174. The van der Waals surface area contributed by atoms with Gasteiger partial charge in [-0.2, -0.15) is 0 Å². The fourth-order valence-corrected chi connectivity index (χ4v) is 1.79. The average molecular weight is 185 g/mol. The van der Waals surface area contributed by atoms with Crippen molar-refractivity contribution in [2.75, 3.05) is 6.54 Å². The van der Waals surface area contributed by atoms with E-state index in [-0.39, 0.29) is 5.91 Å². The third-order valence-corrected chi connectivity index (χ3v) is 2.63. The zero-order chi connectivity index (χ0) is 9.73. The molecule has 0 bridgehead atoms. The van der Waals surface area contributed by atoms with Gasteiger partial charge in [-0.3, -0.25) is 4.79 Å². The quantitative estimate of drug-likeness (QED) is 0.691. The Balaban J connectivity index is 2.21. The number of amides is 1. The fourth-order valence-electron chi connectivity index (χ4n) is 1.79. The van der Waals surface area contributed by atoms with Crippen LogP contribution < -0.4 is 5.32 Å². The molecule has 1 amide bonds. The van der Waals surface area contributed by atoms with Gasteiger partial charge in [0.1, 0.15) is 0 Å². The minimum absolute atomic E-state index is 0.0582. The highest BCUT2D eigenvalue weighted by Crippen LogP contribution is 2.28. The number of carbonyl (C=O) groups is 1. The summed E-state index contributed by atoms with van der Waals surface area (Å²) in [5.41, 5.74) is -0.608. The maximum absolute atomic E-state index is 11.1. The van der Waals surface area contributed by atoms with Crippen LogP contribution in [0.5, 0.6) is 0 Å². The standard InChI is InChI=1S/C10H19NO2/c1-2-5-9(12)11-8-10(13)6-3-4-7-10/h13H,2-8H2,1H3,(H,11,12). The molecule has 0 spiro atoms. The van der Waals surface area contributed by atoms with E-state index in [9.17, 15) is 9.90 Å². The highest BCUT2D eigenvalue weighted by atomic mass is 16.3. The molecule has 13 heavy (non-hydrogen) atoms. The Kier molecular flexibility index (Phi) is 3.72. The summed E-state index contributed by atoms with van der Waals surface area (Å²) in [6.07, 6.45) is 5.26. The first-order chi connectivity index (χ1) is 6.16. The SMILES string of the molecule is CCCC(=O)NCC1(O)CCCC1. The lowest BCUT2D eigenvalue weighted by Crippen LogP contribution is -2.40. The second kappa shape index (κ2) is 4.61. The van der Waals surface area contributed by atoms with E-state index in [1.807, 2.05) is 6.92 Å². The summed E-state index contributed by atoms with van der Waals surface area (Å²) in [5.74, 6) is 0.0582. The Labute approximate surface area is 79.5 Å². The zero-order valence-electron chi connectivity index (χ0n) is 8.31. The number of nitrogens with one attached hydrogen (secondary N) is 1. The molecule has 1 aliphatic carbocycles.